The first-order valence-corrected chi connectivity index (χ1v) is 12.8. The monoisotopic (exact) mass is 486 g/mol. The number of imidazole rings is 1. The fourth-order valence-corrected chi connectivity index (χ4v) is 5.48. The van der Waals surface area contributed by atoms with Crippen molar-refractivity contribution >= 4 is 33.1 Å². The van der Waals surface area contributed by atoms with E-state index in [-0.39, 0.29) is 0 Å². The van der Waals surface area contributed by atoms with Crippen LogP contribution in [0.2, 0.25) is 0 Å². The Labute approximate surface area is 219 Å². The zero-order chi connectivity index (χ0) is 25.1. The summed E-state index contributed by atoms with van der Waals surface area (Å²) in [5, 5.41) is 1.22. The summed E-state index contributed by atoms with van der Waals surface area (Å²) in [6.07, 6.45) is 4.11. The molecule has 0 unspecified atom stereocenters. The van der Waals surface area contributed by atoms with Crippen molar-refractivity contribution in [3.05, 3.63) is 134 Å². The number of nitrogens with zero attached hydrogens (tertiary/aromatic N) is 4. The first-order valence-electron chi connectivity index (χ1n) is 12.8. The first kappa shape index (κ1) is 20.9. The van der Waals surface area contributed by atoms with Crippen LogP contribution in [0.1, 0.15) is 0 Å². The minimum Gasteiger partial charge on any atom is -0.306 e. The molecule has 0 spiro atoms. The van der Waals surface area contributed by atoms with Crippen LogP contribution < -0.4 is 0 Å². The van der Waals surface area contributed by atoms with Gasteiger partial charge < -0.3 is 8.80 Å². The maximum absolute atomic E-state index is 5.11. The van der Waals surface area contributed by atoms with Crippen molar-refractivity contribution in [2.24, 2.45) is 0 Å². The van der Waals surface area contributed by atoms with E-state index in [9.17, 15) is 0 Å². The van der Waals surface area contributed by atoms with Crippen LogP contribution in [0.5, 0.6) is 0 Å². The number of hydrogen-bond donors (Lipinski definition) is 0. The Morgan fingerprint density at radius 3 is 2.16 bits per heavy atom. The topological polar surface area (TPSA) is 34.6 Å². The summed E-state index contributed by atoms with van der Waals surface area (Å²) in [4.78, 5) is 9.91. The van der Waals surface area contributed by atoms with Crippen LogP contribution in [-0.4, -0.2) is 18.8 Å². The zero-order valence-corrected chi connectivity index (χ0v) is 20.5. The molecule has 4 heteroatoms. The van der Waals surface area contributed by atoms with E-state index >= 15 is 0 Å². The van der Waals surface area contributed by atoms with Crippen LogP contribution >= 0.6 is 0 Å². The third-order valence-corrected chi connectivity index (χ3v) is 7.32. The van der Waals surface area contributed by atoms with Crippen molar-refractivity contribution in [2.75, 3.05) is 0 Å². The number of fused-ring (bicyclic) bond motifs is 6. The van der Waals surface area contributed by atoms with E-state index in [1.165, 1.54) is 10.9 Å². The highest BCUT2D eigenvalue weighted by Crippen LogP contribution is 2.33. The Bertz CT molecular complexity index is 2100. The van der Waals surface area contributed by atoms with Gasteiger partial charge in [0, 0.05) is 28.9 Å². The quantitative estimate of drug-likeness (QED) is 0.252. The number of hydrogen-bond acceptors (Lipinski definition) is 2. The van der Waals surface area contributed by atoms with E-state index in [0.717, 1.165) is 55.8 Å². The molecule has 0 amide bonds. The van der Waals surface area contributed by atoms with Crippen molar-refractivity contribution in [2.45, 2.75) is 0 Å². The van der Waals surface area contributed by atoms with E-state index < -0.39 is 0 Å². The van der Waals surface area contributed by atoms with Crippen molar-refractivity contribution in [3.8, 4) is 33.6 Å². The molecule has 4 nitrogen and oxygen atoms in total. The lowest BCUT2D eigenvalue weighted by molar-refractivity contribution is 1.19. The van der Waals surface area contributed by atoms with Gasteiger partial charge in [0.25, 0.3) is 0 Å². The predicted molar refractivity (Wildman–Crippen MR) is 155 cm³/mol. The Morgan fingerprint density at radius 1 is 0.500 bits per heavy atom. The largest absolute Gasteiger partial charge is 0.306 e. The van der Waals surface area contributed by atoms with Gasteiger partial charge >= 0.3 is 0 Å². The van der Waals surface area contributed by atoms with Gasteiger partial charge in [-0.15, -0.1) is 0 Å². The number of rotatable bonds is 3. The van der Waals surface area contributed by atoms with Crippen LogP contribution in [0.15, 0.2) is 134 Å². The van der Waals surface area contributed by atoms with Gasteiger partial charge in [-0.2, -0.15) is 0 Å². The molecule has 4 aromatic heterocycles. The second-order valence-electron chi connectivity index (χ2n) is 9.62. The SMILES string of the molecule is c1cc(-c2ccc(-c3nc4ccccc4n4c3cc3ccccc34)cc2)cc(-c2cn3ccccc3n2)c1. The summed E-state index contributed by atoms with van der Waals surface area (Å²) in [7, 11) is 0. The zero-order valence-electron chi connectivity index (χ0n) is 20.5. The Hall–Kier alpha value is -5.22. The minimum atomic E-state index is 0.949. The number of aromatic nitrogens is 4. The van der Waals surface area contributed by atoms with Crippen molar-refractivity contribution in [1.29, 1.82) is 0 Å². The minimum absolute atomic E-state index is 0.949. The van der Waals surface area contributed by atoms with E-state index in [4.69, 9.17) is 9.97 Å². The maximum Gasteiger partial charge on any atom is 0.137 e. The summed E-state index contributed by atoms with van der Waals surface area (Å²) in [5.74, 6) is 0. The number of pyridine rings is 1. The first-order chi connectivity index (χ1) is 18.8. The van der Waals surface area contributed by atoms with Gasteiger partial charge in [0.05, 0.1) is 33.5 Å². The molecule has 38 heavy (non-hydrogen) atoms. The van der Waals surface area contributed by atoms with Gasteiger partial charge in [-0.3, -0.25) is 0 Å². The van der Waals surface area contributed by atoms with Gasteiger partial charge in [-0.25, -0.2) is 9.97 Å². The summed E-state index contributed by atoms with van der Waals surface area (Å²) in [6, 6.07) is 42.5. The molecule has 4 heterocycles. The molecule has 0 fully saturated rings. The fraction of sp³-hybridized carbons (Fsp3) is 0. The van der Waals surface area contributed by atoms with Crippen molar-refractivity contribution < 1.29 is 0 Å². The van der Waals surface area contributed by atoms with Crippen molar-refractivity contribution in [1.82, 2.24) is 18.8 Å². The van der Waals surface area contributed by atoms with E-state index in [1.807, 2.05) is 24.4 Å². The van der Waals surface area contributed by atoms with E-state index in [1.54, 1.807) is 0 Å². The highest BCUT2D eigenvalue weighted by atomic mass is 15.0. The molecular weight excluding hydrogens is 464 g/mol. The van der Waals surface area contributed by atoms with Crippen molar-refractivity contribution in [3.63, 3.8) is 0 Å². The van der Waals surface area contributed by atoms with E-state index in [0.29, 0.717) is 0 Å². The van der Waals surface area contributed by atoms with Gasteiger partial charge in [-0.05, 0) is 53.6 Å². The highest BCUT2D eigenvalue weighted by molar-refractivity contribution is 5.98. The molecule has 4 aromatic carbocycles. The lowest BCUT2D eigenvalue weighted by Gasteiger charge is -2.10. The maximum atomic E-state index is 5.11. The lowest BCUT2D eigenvalue weighted by Crippen LogP contribution is -1.95. The Kier molecular flexibility index (Phi) is 4.49. The fourth-order valence-electron chi connectivity index (χ4n) is 5.48. The molecule has 0 atom stereocenters. The smallest absolute Gasteiger partial charge is 0.137 e. The number of benzene rings is 4. The summed E-state index contributed by atoms with van der Waals surface area (Å²) in [6.45, 7) is 0. The van der Waals surface area contributed by atoms with Crippen LogP contribution in [0, 0.1) is 0 Å². The molecule has 8 aromatic rings. The van der Waals surface area contributed by atoms with Gasteiger partial charge in [0.15, 0.2) is 0 Å². The van der Waals surface area contributed by atoms with Crippen LogP contribution in [-0.2, 0) is 0 Å². The number of para-hydroxylation sites is 3. The highest BCUT2D eigenvalue weighted by Gasteiger charge is 2.14. The standard InChI is InChI=1S/C34H22N4/c1-3-12-30-27(8-1)21-32-34(36-28-11-2-4-13-31(28)38(30)32)24-17-15-23(16-18-24)25-9-7-10-26(20-25)29-22-37-19-6-5-14-33(37)35-29/h1-22H. The normalized spacial score (nSPS) is 11.7. The third-order valence-electron chi connectivity index (χ3n) is 7.32. The molecule has 0 bridgehead atoms. The Morgan fingerprint density at radius 2 is 1.26 bits per heavy atom. The average molecular weight is 487 g/mol. The second kappa shape index (κ2) is 8.15. The molecule has 0 saturated carbocycles. The predicted octanol–water partition coefficient (Wildman–Crippen LogP) is 8.29. The van der Waals surface area contributed by atoms with Crippen LogP contribution in [0.3, 0.4) is 0 Å². The molecule has 0 aliphatic rings. The van der Waals surface area contributed by atoms with Crippen LogP contribution in [0.4, 0.5) is 0 Å². The molecule has 0 radical (unpaired) electrons. The second-order valence-corrected chi connectivity index (χ2v) is 9.62. The molecule has 0 N–H and O–H groups in total. The van der Waals surface area contributed by atoms with E-state index in [2.05, 4.69) is 118 Å². The molecular formula is C34H22N4. The molecule has 0 saturated heterocycles. The van der Waals surface area contributed by atoms with Gasteiger partial charge in [0.2, 0.25) is 0 Å². The van der Waals surface area contributed by atoms with Gasteiger partial charge in [-0.1, -0.05) is 78.9 Å². The summed E-state index contributed by atoms with van der Waals surface area (Å²) >= 11 is 0. The third kappa shape index (κ3) is 3.24. The molecule has 0 aliphatic heterocycles. The molecule has 178 valence electrons. The Balaban J connectivity index is 1.23. The van der Waals surface area contributed by atoms with Crippen LogP contribution in [0.25, 0.3) is 66.7 Å². The lowest BCUT2D eigenvalue weighted by atomic mass is 10.00. The summed E-state index contributed by atoms with van der Waals surface area (Å²) < 4.78 is 4.39. The molecule has 0 aliphatic carbocycles. The molecule has 8 rings (SSSR count). The average Bonchev–Trinajstić information content (AvgIpc) is 3.59. The summed E-state index contributed by atoms with van der Waals surface area (Å²) in [5.41, 5.74) is 11.9. The van der Waals surface area contributed by atoms with Gasteiger partial charge in [0.1, 0.15) is 5.65 Å².